The van der Waals surface area contributed by atoms with Gasteiger partial charge in [0, 0.05) is 5.75 Å². The van der Waals surface area contributed by atoms with E-state index in [0.717, 1.165) is 0 Å². The van der Waals surface area contributed by atoms with Gasteiger partial charge in [0.25, 0.3) is 0 Å². The molecule has 0 fully saturated rings. The third kappa shape index (κ3) is 2.47. The molecule has 0 aromatic heterocycles. The average Bonchev–Trinajstić information content (AvgIpc) is 2.20. The van der Waals surface area contributed by atoms with Crippen LogP contribution >= 0.6 is 12.6 Å². The van der Waals surface area contributed by atoms with Crippen molar-refractivity contribution in [1.82, 2.24) is 0 Å². The number of rotatable bonds is 3. The molecular formula is C10H13FO2S. The Kier molecular flexibility index (Phi) is 3.92. The number of hydrogen-bond acceptors (Lipinski definition) is 3. The molecule has 1 aromatic rings. The van der Waals surface area contributed by atoms with E-state index in [4.69, 9.17) is 0 Å². The van der Waals surface area contributed by atoms with E-state index in [-0.39, 0.29) is 11.6 Å². The van der Waals surface area contributed by atoms with E-state index in [0.29, 0.717) is 11.1 Å². The fraction of sp³-hybridized carbons (Fsp3) is 0.400. The molecule has 0 spiro atoms. The molecule has 0 saturated heterocycles. The van der Waals surface area contributed by atoms with Crippen molar-refractivity contribution >= 4 is 12.6 Å². The van der Waals surface area contributed by atoms with Gasteiger partial charge >= 0.3 is 0 Å². The number of aliphatic hydroxyl groups excluding tert-OH is 2. The summed E-state index contributed by atoms with van der Waals surface area (Å²) in [5, 5.41) is 18.9. The van der Waals surface area contributed by atoms with Crippen LogP contribution in [0.1, 0.15) is 17.2 Å². The number of hydrogen-bond donors (Lipinski definition) is 3. The number of benzene rings is 1. The molecule has 0 aliphatic heterocycles. The predicted molar refractivity (Wildman–Crippen MR) is 56.0 cm³/mol. The van der Waals surface area contributed by atoms with E-state index < -0.39 is 12.2 Å². The van der Waals surface area contributed by atoms with Gasteiger partial charge in [0.1, 0.15) is 11.9 Å². The second kappa shape index (κ2) is 4.77. The maximum Gasteiger partial charge on any atom is 0.126 e. The van der Waals surface area contributed by atoms with Gasteiger partial charge in [-0.2, -0.15) is 12.6 Å². The number of aryl methyl sites for hydroxylation is 1. The van der Waals surface area contributed by atoms with Gasteiger partial charge in [0.2, 0.25) is 0 Å². The second-order valence-corrected chi connectivity index (χ2v) is 3.57. The maximum absolute atomic E-state index is 12.9. The van der Waals surface area contributed by atoms with E-state index >= 15 is 0 Å². The van der Waals surface area contributed by atoms with Gasteiger partial charge in [-0.1, -0.05) is 12.1 Å². The summed E-state index contributed by atoms with van der Waals surface area (Å²) in [5.74, 6) is -0.154. The van der Waals surface area contributed by atoms with Crippen molar-refractivity contribution in [3.8, 4) is 0 Å². The molecule has 1 aromatic carbocycles. The number of halogens is 1. The molecule has 2 N–H and O–H groups in total. The van der Waals surface area contributed by atoms with Crippen molar-refractivity contribution in [3.05, 3.63) is 35.1 Å². The first-order valence-corrected chi connectivity index (χ1v) is 4.92. The first-order valence-electron chi connectivity index (χ1n) is 4.29. The number of thiol groups is 1. The van der Waals surface area contributed by atoms with E-state index in [1.54, 1.807) is 6.92 Å². The highest BCUT2D eigenvalue weighted by Crippen LogP contribution is 2.20. The Morgan fingerprint density at radius 2 is 2.07 bits per heavy atom. The zero-order valence-electron chi connectivity index (χ0n) is 7.81. The van der Waals surface area contributed by atoms with Gasteiger partial charge in [-0.3, -0.25) is 0 Å². The summed E-state index contributed by atoms with van der Waals surface area (Å²) in [5.41, 5.74) is 0.957. The van der Waals surface area contributed by atoms with Gasteiger partial charge in [-0.15, -0.1) is 0 Å². The largest absolute Gasteiger partial charge is 0.389 e. The van der Waals surface area contributed by atoms with Crippen molar-refractivity contribution in [2.75, 3.05) is 5.75 Å². The van der Waals surface area contributed by atoms with Crippen molar-refractivity contribution in [3.63, 3.8) is 0 Å². The average molecular weight is 216 g/mol. The van der Waals surface area contributed by atoms with Crippen LogP contribution in [-0.4, -0.2) is 22.1 Å². The van der Waals surface area contributed by atoms with Gasteiger partial charge in [0.05, 0.1) is 6.10 Å². The SMILES string of the molecule is Cc1cc(C(O)C(O)CS)ccc1F. The topological polar surface area (TPSA) is 40.5 Å². The Morgan fingerprint density at radius 1 is 1.43 bits per heavy atom. The summed E-state index contributed by atoms with van der Waals surface area (Å²) in [6.07, 6.45) is -1.94. The van der Waals surface area contributed by atoms with Crippen molar-refractivity contribution < 1.29 is 14.6 Å². The molecule has 0 heterocycles. The number of aliphatic hydroxyl groups is 2. The molecule has 78 valence electrons. The van der Waals surface area contributed by atoms with Gasteiger partial charge in [-0.25, -0.2) is 4.39 Å². The van der Waals surface area contributed by atoms with Gasteiger partial charge in [-0.05, 0) is 24.1 Å². The lowest BCUT2D eigenvalue weighted by molar-refractivity contribution is 0.0337. The zero-order valence-corrected chi connectivity index (χ0v) is 8.71. The Morgan fingerprint density at radius 3 is 2.57 bits per heavy atom. The molecule has 4 heteroatoms. The third-order valence-corrected chi connectivity index (χ3v) is 2.45. The van der Waals surface area contributed by atoms with E-state index in [9.17, 15) is 14.6 Å². The fourth-order valence-electron chi connectivity index (χ4n) is 1.17. The smallest absolute Gasteiger partial charge is 0.126 e. The predicted octanol–water partition coefficient (Wildman–Crippen LogP) is 1.46. The summed E-state index contributed by atoms with van der Waals surface area (Å²) in [6.45, 7) is 1.61. The first-order chi connectivity index (χ1) is 6.56. The van der Waals surface area contributed by atoms with Crippen molar-refractivity contribution in [2.45, 2.75) is 19.1 Å². The van der Waals surface area contributed by atoms with Crippen molar-refractivity contribution in [1.29, 1.82) is 0 Å². The maximum atomic E-state index is 12.9. The van der Waals surface area contributed by atoms with Crippen LogP contribution < -0.4 is 0 Å². The Hall–Kier alpha value is -0.580. The zero-order chi connectivity index (χ0) is 10.7. The highest BCUT2D eigenvalue weighted by molar-refractivity contribution is 7.80. The van der Waals surface area contributed by atoms with Crippen LogP contribution in [-0.2, 0) is 0 Å². The van der Waals surface area contributed by atoms with Crippen LogP contribution in [0.3, 0.4) is 0 Å². The van der Waals surface area contributed by atoms with Crippen molar-refractivity contribution in [2.24, 2.45) is 0 Å². The third-order valence-electron chi connectivity index (χ3n) is 2.08. The molecule has 0 aliphatic carbocycles. The molecule has 14 heavy (non-hydrogen) atoms. The highest BCUT2D eigenvalue weighted by atomic mass is 32.1. The Bertz CT molecular complexity index is 317. The highest BCUT2D eigenvalue weighted by Gasteiger charge is 2.17. The standard InChI is InChI=1S/C10H13FO2S/c1-6-4-7(2-3-8(6)11)10(13)9(12)5-14/h2-4,9-10,12-14H,5H2,1H3. The quantitative estimate of drug-likeness (QED) is 0.669. The van der Waals surface area contributed by atoms with E-state index in [1.807, 2.05) is 0 Å². The minimum absolute atomic E-state index is 0.164. The minimum Gasteiger partial charge on any atom is -0.389 e. The molecule has 0 amide bonds. The molecule has 0 aliphatic rings. The molecule has 2 nitrogen and oxygen atoms in total. The van der Waals surface area contributed by atoms with Crippen LogP contribution in [0.4, 0.5) is 4.39 Å². The minimum atomic E-state index is -1.01. The summed E-state index contributed by atoms with van der Waals surface area (Å²) < 4.78 is 12.9. The fourth-order valence-corrected chi connectivity index (χ4v) is 1.37. The van der Waals surface area contributed by atoms with E-state index in [2.05, 4.69) is 12.6 Å². The summed E-state index contributed by atoms with van der Waals surface area (Å²) in [7, 11) is 0. The summed E-state index contributed by atoms with van der Waals surface area (Å²) in [4.78, 5) is 0. The molecule has 0 saturated carbocycles. The van der Waals surface area contributed by atoms with Crippen LogP contribution in [0.15, 0.2) is 18.2 Å². The lowest BCUT2D eigenvalue weighted by Crippen LogP contribution is -2.19. The molecule has 0 bridgehead atoms. The normalized spacial score (nSPS) is 15.2. The van der Waals surface area contributed by atoms with E-state index in [1.165, 1.54) is 18.2 Å². The van der Waals surface area contributed by atoms with Crippen LogP contribution in [0.5, 0.6) is 0 Å². The summed E-state index contributed by atoms with van der Waals surface area (Å²) >= 11 is 3.87. The second-order valence-electron chi connectivity index (χ2n) is 3.20. The summed E-state index contributed by atoms with van der Waals surface area (Å²) in [6, 6.07) is 4.26. The molecule has 2 atom stereocenters. The first kappa shape index (κ1) is 11.5. The lowest BCUT2D eigenvalue weighted by atomic mass is 10.0. The van der Waals surface area contributed by atoms with Crippen LogP contribution in [0.25, 0.3) is 0 Å². The molecular weight excluding hydrogens is 203 g/mol. The lowest BCUT2D eigenvalue weighted by Gasteiger charge is -2.16. The molecule has 1 rings (SSSR count). The van der Waals surface area contributed by atoms with Crippen LogP contribution in [0, 0.1) is 12.7 Å². The molecule has 0 radical (unpaired) electrons. The monoisotopic (exact) mass is 216 g/mol. The van der Waals surface area contributed by atoms with Gasteiger partial charge < -0.3 is 10.2 Å². The van der Waals surface area contributed by atoms with Gasteiger partial charge in [0.15, 0.2) is 0 Å². The molecule has 2 unspecified atom stereocenters. The Balaban J connectivity index is 2.91. The van der Waals surface area contributed by atoms with Crippen LogP contribution in [0.2, 0.25) is 0 Å². The Labute approximate surface area is 87.8 Å².